The molecule has 1 aliphatic carbocycles. The number of carbonyl (C=O) groups excluding carboxylic acids is 2. The van der Waals surface area contributed by atoms with E-state index in [-0.39, 0.29) is 18.4 Å². The zero-order valence-electron chi connectivity index (χ0n) is 13.1. The zero-order valence-corrected chi connectivity index (χ0v) is 13.1. The van der Waals surface area contributed by atoms with E-state index < -0.39 is 23.5 Å². The van der Waals surface area contributed by atoms with Gasteiger partial charge in [-0.15, -0.1) is 0 Å². The number of hydrogen-bond donors (Lipinski definition) is 2. The normalized spacial score (nSPS) is 29.0. The summed E-state index contributed by atoms with van der Waals surface area (Å²) in [5.41, 5.74) is -0.486. The van der Waals surface area contributed by atoms with Crippen molar-refractivity contribution in [3.8, 4) is 0 Å². The molecule has 1 aliphatic heterocycles. The van der Waals surface area contributed by atoms with Gasteiger partial charge in [-0.3, -0.25) is 9.69 Å². The van der Waals surface area contributed by atoms with Crippen LogP contribution >= 0.6 is 0 Å². The maximum atomic E-state index is 13.3. The molecule has 5 nitrogen and oxygen atoms in total. The molecular formula is C17H21FN2O3. The number of amides is 3. The van der Waals surface area contributed by atoms with Crippen LogP contribution in [0.25, 0.3) is 0 Å². The Kier molecular flexibility index (Phi) is 4.10. The molecule has 1 heterocycles. The number of rotatable bonds is 3. The summed E-state index contributed by atoms with van der Waals surface area (Å²) in [5.74, 6) is -0.662. The van der Waals surface area contributed by atoms with Crippen molar-refractivity contribution in [2.75, 3.05) is 6.54 Å². The second-order valence-electron chi connectivity index (χ2n) is 6.53. The first kappa shape index (κ1) is 15.9. The van der Waals surface area contributed by atoms with Gasteiger partial charge in [-0.1, -0.05) is 31.9 Å². The second-order valence-corrected chi connectivity index (χ2v) is 6.53. The summed E-state index contributed by atoms with van der Waals surface area (Å²) in [4.78, 5) is 26.1. The Morgan fingerprint density at radius 3 is 2.91 bits per heavy atom. The van der Waals surface area contributed by atoms with Gasteiger partial charge in [0.1, 0.15) is 11.4 Å². The first-order chi connectivity index (χ1) is 10.9. The Bertz CT molecular complexity index is 636. The summed E-state index contributed by atoms with van der Waals surface area (Å²) in [5, 5.41) is 13.1. The van der Waals surface area contributed by atoms with Gasteiger partial charge >= 0.3 is 6.03 Å². The van der Waals surface area contributed by atoms with Crippen LogP contribution in [0, 0.1) is 11.7 Å². The lowest BCUT2D eigenvalue weighted by molar-refractivity contribution is -0.135. The van der Waals surface area contributed by atoms with Crippen molar-refractivity contribution >= 4 is 11.9 Å². The first-order valence-electron chi connectivity index (χ1n) is 8.01. The molecule has 2 aliphatic rings. The van der Waals surface area contributed by atoms with Gasteiger partial charge in [-0.05, 0) is 36.5 Å². The van der Waals surface area contributed by atoms with Gasteiger partial charge in [0.15, 0.2) is 0 Å². The lowest BCUT2D eigenvalue weighted by Crippen LogP contribution is -2.54. The topological polar surface area (TPSA) is 69.6 Å². The van der Waals surface area contributed by atoms with Gasteiger partial charge in [0.25, 0.3) is 5.91 Å². The zero-order chi connectivity index (χ0) is 16.6. The van der Waals surface area contributed by atoms with Crippen LogP contribution in [0.15, 0.2) is 24.3 Å². The van der Waals surface area contributed by atoms with Crippen LogP contribution < -0.4 is 5.32 Å². The molecule has 3 amide bonds. The molecular weight excluding hydrogens is 299 g/mol. The third-order valence-electron chi connectivity index (χ3n) is 5.09. The molecule has 2 fully saturated rings. The molecule has 1 aromatic rings. The van der Waals surface area contributed by atoms with Crippen LogP contribution in [-0.2, 0) is 4.79 Å². The average molecular weight is 320 g/mol. The summed E-state index contributed by atoms with van der Waals surface area (Å²) < 4.78 is 13.3. The van der Waals surface area contributed by atoms with Crippen LogP contribution in [-0.4, -0.2) is 34.0 Å². The predicted octanol–water partition coefficient (Wildman–Crippen LogP) is 2.36. The summed E-state index contributed by atoms with van der Waals surface area (Å²) in [6, 6.07) is 5.08. The molecule has 0 radical (unpaired) electrons. The van der Waals surface area contributed by atoms with Crippen molar-refractivity contribution in [3.05, 3.63) is 35.6 Å². The van der Waals surface area contributed by atoms with E-state index in [4.69, 9.17) is 0 Å². The van der Waals surface area contributed by atoms with Gasteiger partial charge < -0.3 is 10.4 Å². The smallest absolute Gasteiger partial charge is 0.325 e. The fourth-order valence-electron chi connectivity index (χ4n) is 3.65. The van der Waals surface area contributed by atoms with Crippen LogP contribution in [0.2, 0.25) is 0 Å². The number of β-amino-alcohol motifs (C(OH)–C–C–N with tert-alkyl or cyclic N) is 1. The minimum Gasteiger partial charge on any atom is -0.387 e. The minimum atomic E-state index is -1.10. The fraction of sp³-hybridized carbons (Fsp3) is 0.529. The van der Waals surface area contributed by atoms with Gasteiger partial charge in [-0.25, -0.2) is 9.18 Å². The third kappa shape index (κ3) is 2.72. The largest absolute Gasteiger partial charge is 0.387 e. The molecule has 1 aromatic carbocycles. The van der Waals surface area contributed by atoms with Crippen molar-refractivity contribution in [3.63, 3.8) is 0 Å². The number of benzene rings is 1. The molecule has 124 valence electrons. The number of imide groups is 1. The number of aliphatic hydroxyl groups excluding tert-OH is 1. The molecule has 3 atom stereocenters. The highest BCUT2D eigenvalue weighted by molar-refractivity contribution is 6.07. The van der Waals surface area contributed by atoms with Crippen molar-refractivity contribution in [2.45, 2.75) is 44.2 Å². The summed E-state index contributed by atoms with van der Waals surface area (Å²) in [7, 11) is 0. The molecule has 6 heteroatoms. The lowest BCUT2D eigenvalue weighted by Gasteiger charge is -2.36. The minimum absolute atomic E-state index is 0.0732. The molecule has 23 heavy (non-hydrogen) atoms. The van der Waals surface area contributed by atoms with Gasteiger partial charge in [0, 0.05) is 0 Å². The molecule has 1 saturated carbocycles. The van der Waals surface area contributed by atoms with Crippen LogP contribution in [0.5, 0.6) is 0 Å². The van der Waals surface area contributed by atoms with Crippen LogP contribution in [0.3, 0.4) is 0 Å². The van der Waals surface area contributed by atoms with E-state index in [0.717, 1.165) is 24.2 Å². The highest BCUT2D eigenvalue weighted by Gasteiger charge is 2.55. The number of aliphatic hydroxyl groups is 1. The number of halogens is 1. The second kappa shape index (κ2) is 5.92. The molecule has 0 bridgehead atoms. The monoisotopic (exact) mass is 320 g/mol. The number of carbonyl (C=O) groups is 2. The first-order valence-corrected chi connectivity index (χ1v) is 8.01. The van der Waals surface area contributed by atoms with Crippen molar-refractivity contribution in [1.82, 2.24) is 10.2 Å². The number of nitrogens with one attached hydrogen (secondary N) is 1. The molecule has 0 aromatic heterocycles. The van der Waals surface area contributed by atoms with Crippen molar-refractivity contribution in [2.24, 2.45) is 5.92 Å². The maximum Gasteiger partial charge on any atom is 0.325 e. The van der Waals surface area contributed by atoms with E-state index in [1.54, 1.807) is 6.07 Å². The van der Waals surface area contributed by atoms with Crippen molar-refractivity contribution in [1.29, 1.82) is 0 Å². The molecule has 0 unspecified atom stereocenters. The average Bonchev–Trinajstić information content (AvgIpc) is 2.75. The Hall–Kier alpha value is -1.95. The SMILES string of the molecule is C[C@@H]1CCCC[C@]12NC(=O)N(C[C@@H](O)c1cccc(F)c1)C2=O. The number of hydrogen-bond acceptors (Lipinski definition) is 3. The van der Waals surface area contributed by atoms with Crippen molar-refractivity contribution < 1.29 is 19.1 Å². The Morgan fingerprint density at radius 1 is 1.43 bits per heavy atom. The highest BCUT2D eigenvalue weighted by Crippen LogP contribution is 2.38. The Labute approximate surface area is 134 Å². The summed E-state index contributed by atoms with van der Waals surface area (Å²) >= 11 is 0. The standard InChI is InChI=1S/C17H21FN2O3/c1-11-5-2-3-8-17(11)15(22)20(16(23)19-17)10-14(21)12-6-4-7-13(18)9-12/h4,6-7,9,11,14,21H,2-3,5,8,10H2,1H3,(H,19,23)/t11-,14-,17+/m1/s1. The number of urea groups is 1. The number of nitrogens with zero attached hydrogens (tertiary/aromatic N) is 1. The highest BCUT2D eigenvalue weighted by atomic mass is 19.1. The maximum absolute atomic E-state index is 13.3. The van der Waals surface area contributed by atoms with E-state index >= 15 is 0 Å². The van der Waals surface area contributed by atoms with Crippen LogP contribution in [0.4, 0.5) is 9.18 Å². The van der Waals surface area contributed by atoms with Gasteiger partial charge in [-0.2, -0.15) is 0 Å². The fourth-order valence-corrected chi connectivity index (χ4v) is 3.65. The molecule has 3 rings (SSSR count). The third-order valence-corrected chi connectivity index (χ3v) is 5.09. The molecule has 1 spiro atoms. The molecule has 1 saturated heterocycles. The van der Waals surface area contributed by atoms with E-state index in [2.05, 4.69) is 5.32 Å². The Balaban J connectivity index is 1.78. The van der Waals surface area contributed by atoms with E-state index in [9.17, 15) is 19.1 Å². The summed E-state index contributed by atoms with van der Waals surface area (Å²) in [6.07, 6.45) is 2.38. The van der Waals surface area contributed by atoms with Crippen LogP contribution in [0.1, 0.15) is 44.3 Å². The van der Waals surface area contributed by atoms with E-state index in [1.165, 1.54) is 18.2 Å². The quantitative estimate of drug-likeness (QED) is 0.840. The van der Waals surface area contributed by atoms with E-state index in [0.29, 0.717) is 12.0 Å². The van der Waals surface area contributed by atoms with Gasteiger partial charge in [0.05, 0.1) is 12.6 Å². The lowest BCUT2D eigenvalue weighted by atomic mass is 9.73. The Morgan fingerprint density at radius 2 is 2.22 bits per heavy atom. The van der Waals surface area contributed by atoms with Gasteiger partial charge in [0.2, 0.25) is 0 Å². The van der Waals surface area contributed by atoms with E-state index in [1.807, 2.05) is 6.92 Å². The summed E-state index contributed by atoms with van der Waals surface area (Å²) in [6.45, 7) is 1.81. The predicted molar refractivity (Wildman–Crippen MR) is 82.0 cm³/mol. The molecule has 2 N–H and O–H groups in total.